The van der Waals surface area contributed by atoms with Gasteiger partial charge in [0, 0.05) is 6.54 Å². The van der Waals surface area contributed by atoms with Crippen molar-refractivity contribution >= 4 is 29.9 Å². The summed E-state index contributed by atoms with van der Waals surface area (Å²) >= 11 is 0. The van der Waals surface area contributed by atoms with Crippen molar-refractivity contribution < 1.29 is 5.11 Å². The first-order chi connectivity index (χ1) is 11.5. The molecule has 25 heavy (non-hydrogen) atoms. The summed E-state index contributed by atoms with van der Waals surface area (Å²) in [7, 11) is 0. The predicted octanol–water partition coefficient (Wildman–Crippen LogP) is 3.58. The first-order valence-electron chi connectivity index (χ1n) is 8.37. The van der Waals surface area contributed by atoms with Gasteiger partial charge in [0.25, 0.3) is 0 Å². The van der Waals surface area contributed by atoms with Crippen LogP contribution in [-0.2, 0) is 12.1 Å². The minimum Gasteiger partial charge on any atom is -0.384 e. The number of benzene rings is 2. The third kappa shape index (κ3) is 7.04. The molecule has 2 rings (SSSR count). The zero-order chi connectivity index (χ0) is 17.4. The van der Waals surface area contributed by atoms with Gasteiger partial charge in [-0.3, -0.25) is 0 Å². The maximum absolute atomic E-state index is 10.7. The normalized spacial score (nSPS) is 13.5. The third-order valence-corrected chi connectivity index (χ3v) is 3.88. The second kappa shape index (κ2) is 10.4. The zero-order valence-corrected chi connectivity index (χ0v) is 17.5. The first-order valence-corrected chi connectivity index (χ1v) is 8.37. The fourth-order valence-electron chi connectivity index (χ4n) is 2.36. The second-order valence-corrected chi connectivity index (χ2v) is 6.17. The van der Waals surface area contributed by atoms with Gasteiger partial charge < -0.3 is 15.7 Å². The monoisotopic (exact) mass is 453 g/mol. The van der Waals surface area contributed by atoms with Crippen molar-refractivity contribution in [2.75, 3.05) is 13.1 Å². The van der Waals surface area contributed by atoms with Crippen molar-refractivity contribution in [3.8, 4) is 0 Å². The van der Waals surface area contributed by atoms with Crippen LogP contribution in [0.15, 0.2) is 59.6 Å². The van der Waals surface area contributed by atoms with E-state index in [4.69, 9.17) is 0 Å². The summed E-state index contributed by atoms with van der Waals surface area (Å²) in [6, 6.07) is 18.0. The fourth-order valence-corrected chi connectivity index (χ4v) is 2.36. The minimum absolute atomic E-state index is 0. The van der Waals surface area contributed by atoms with Crippen LogP contribution in [0.25, 0.3) is 0 Å². The van der Waals surface area contributed by atoms with Gasteiger partial charge in [0.1, 0.15) is 5.60 Å². The highest BCUT2D eigenvalue weighted by Gasteiger charge is 2.22. The third-order valence-electron chi connectivity index (χ3n) is 3.88. The van der Waals surface area contributed by atoms with Crippen LogP contribution in [0.5, 0.6) is 0 Å². The van der Waals surface area contributed by atoms with Crippen LogP contribution in [0, 0.1) is 6.92 Å². The van der Waals surface area contributed by atoms with Gasteiger partial charge in [0.2, 0.25) is 0 Å². The number of guanidine groups is 1. The predicted molar refractivity (Wildman–Crippen MR) is 115 cm³/mol. The molecule has 0 fully saturated rings. The van der Waals surface area contributed by atoms with E-state index in [-0.39, 0.29) is 24.0 Å². The lowest BCUT2D eigenvalue weighted by Crippen LogP contribution is -2.44. The SMILES string of the molecule is CCNC(=NCc1ccc(C)cc1)NCC(C)(O)c1ccccc1.I. The molecule has 136 valence electrons. The molecule has 2 aromatic carbocycles. The van der Waals surface area contributed by atoms with E-state index in [2.05, 4.69) is 46.8 Å². The van der Waals surface area contributed by atoms with Gasteiger partial charge in [-0.1, -0.05) is 60.2 Å². The van der Waals surface area contributed by atoms with Crippen molar-refractivity contribution in [3.05, 3.63) is 71.3 Å². The summed E-state index contributed by atoms with van der Waals surface area (Å²) in [5, 5.41) is 17.1. The number of aryl methyl sites for hydroxylation is 1. The number of hydrogen-bond acceptors (Lipinski definition) is 2. The molecule has 0 aromatic heterocycles. The maximum Gasteiger partial charge on any atom is 0.191 e. The van der Waals surface area contributed by atoms with Gasteiger partial charge >= 0.3 is 0 Å². The quantitative estimate of drug-likeness (QED) is 0.356. The standard InChI is InChI=1S/C20H27N3O.HI/c1-4-21-19(22-14-17-12-10-16(2)11-13-17)23-15-20(3,24)18-8-6-5-7-9-18;/h5-13,24H,4,14-15H2,1-3H3,(H2,21,22,23);1H. The Morgan fingerprint density at radius 3 is 2.28 bits per heavy atom. The summed E-state index contributed by atoms with van der Waals surface area (Å²) < 4.78 is 0. The van der Waals surface area contributed by atoms with Crippen LogP contribution in [0.2, 0.25) is 0 Å². The number of aliphatic hydroxyl groups is 1. The van der Waals surface area contributed by atoms with Crippen LogP contribution < -0.4 is 10.6 Å². The van der Waals surface area contributed by atoms with Crippen LogP contribution in [0.1, 0.15) is 30.5 Å². The van der Waals surface area contributed by atoms with E-state index in [0.717, 1.165) is 17.7 Å². The first kappa shape index (κ1) is 21.4. The molecule has 0 saturated heterocycles. The van der Waals surface area contributed by atoms with Gasteiger partial charge in [0.15, 0.2) is 5.96 Å². The van der Waals surface area contributed by atoms with Gasteiger partial charge in [-0.05, 0) is 31.9 Å². The number of nitrogens with one attached hydrogen (secondary N) is 2. The Bertz CT molecular complexity index is 654. The van der Waals surface area contributed by atoms with E-state index in [0.29, 0.717) is 19.0 Å². The Hall–Kier alpha value is -1.60. The average molecular weight is 453 g/mol. The van der Waals surface area contributed by atoms with E-state index in [9.17, 15) is 5.11 Å². The molecule has 2 aromatic rings. The molecule has 5 heteroatoms. The van der Waals surface area contributed by atoms with Crippen molar-refractivity contribution in [3.63, 3.8) is 0 Å². The molecule has 0 radical (unpaired) electrons. The molecule has 1 unspecified atom stereocenters. The molecule has 0 aliphatic carbocycles. The van der Waals surface area contributed by atoms with Crippen LogP contribution >= 0.6 is 24.0 Å². The molecule has 1 atom stereocenters. The van der Waals surface area contributed by atoms with Crippen molar-refractivity contribution in [1.82, 2.24) is 10.6 Å². The van der Waals surface area contributed by atoms with Crippen molar-refractivity contribution in [2.24, 2.45) is 4.99 Å². The summed E-state index contributed by atoms with van der Waals surface area (Å²) in [6.07, 6.45) is 0. The highest BCUT2D eigenvalue weighted by Crippen LogP contribution is 2.18. The Kier molecular flexibility index (Phi) is 8.92. The molecule has 0 amide bonds. The molecule has 0 aliphatic heterocycles. The van der Waals surface area contributed by atoms with Crippen LogP contribution in [0.4, 0.5) is 0 Å². The molecule has 0 spiro atoms. The highest BCUT2D eigenvalue weighted by molar-refractivity contribution is 14.0. The summed E-state index contributed by atoms with van der Waals surface area (Å²) in [5.74, 6) is 0.703. The molecule has 0 saturated carbocycles. The topological polar surface area (TPSA) is 56.7 Å². The van der Waals surface area contributed by atoms with E-state index in [1.165, 1.54) is 5.56 Å². The Morgan fingerprint density at radius 2 is 1.68 bits per heavy atom. The number of hydrogen-bond donors (Lipinski definition) is 3. The molecule has 4 nitrogen and oxygen atoms in total. The molecule has 0 aliphatic rings. The Balaban J connectivity index is 0.00000312. The van der Waals surface area contributed by atoms with Gasteiger partial charge in [0.05, 0.1) is 13.1 Å². The smallest absolute Gasteiger partial charge is 0.191 e. The van der Waals surface area contributed by atoms with Gasteiger partial charge in [-0.15, -0.1) is 24.0 Å². The van der Waals surface area contributed by atoms with E-state index in [1.807, 2.05) is 37.3 Å². The number of aliphatic imine (C=N–C) groups is 1. The molecular formula is C20H28IN3O. The maximum atomic E-state index is 10.7. The molecular weight excluding hydrogens is 425 g/mol. The number of halogens is 1. The lowest BCUT2D eigenvalue weighted by molar-refractivity contribution is 0.0617. The highest BCUT2D eigenvalue weighted by atomic mass is 127. The van der Waals surface area contributed by atoms with E-state index < -0.39 is 5.60 Å². The Labute approximate surface area is 167 Å². The Morgan fingerprint density at radius 1 is 1.04 bits per heavy atom. The number of rotatable bonds is 6. The summed E-state index contributed by atoms with van der Waals surface area (Å²) in [6.45, 7) is 7.66. The van der Waals surface area contributed by atoms with Crippen LogP contribution in [0.3, 0.4) is 0 Å². The fraction of sp³-hybridized carbons (Fsp3) is 0.350. The molecule has 3 N–H and O–H groups in total. The van der Waals surface area contributed by atoms with Gasteiger partial charge in [-0.25, -0.2) is 4.99 Å². The zero-order valence-electron chi connectivity index (χ0n) is 15.1. The molecule has 0 bridgehead atoms. The van der Waals surface area contributed by atoms with E-state index in [1.54, 1.807) is 6.92 Å². The van der Waals surface area contributed by atoms with Crippen molar-refractivity contribution in [2.45, 2.75) is 32.9 Å². The second-order valence-electron chi connectivity index (χ2n) is 6.17. The minimum atomic E-state index is -0.957. The molecule has 0 heterocycles. The van der Waals surface area contributed by atoms with Gasteiger partial charge in [-0.2, -0.15) is 0 Å². The average Bonchev–Trinajstić information content (AvgIpc) is 2.59. The number of nitrogens with zero attached hydrogens (tertiary/aromatic N) is 1. The largest absolute Gasteiger partial charge is 0.384 e. The van der Waals surface area contributed by atoms with Crippen molar-refractivity contribution in [1.29, 1.82) is 0 Å². The van der Waals surface area contributed by atoms with E-state index >= 15 is 0 Å². The lowest BCUT2D eigenvalue weighted by Gasteiger charge is -2.25. The lowest BCUT2D eigenvalue weighted by atomic mass is 9.96. The van der Waals surface area contributed by atoms with Crippen LogP contribution in [-0.4, -0.2) is 24.2 Å². The summed E-state index contributed by atoms with van der Waals surface area (Å²) in [4.78, 5) is 4.59. The summed E-state index contributed by atoms with van der Waals surface area (Å²) in [5.41, 5.74) is 2.33.